The number of nitrogens with two attached hydrogens (primary N) is 2. The minimum absolute atomic E-state index is 0.00616. The average molecular weight is 995 g/mol. The number of esters is 4. The van der Waals surface area contributed by atoms with Crippen LogP contribution in [0.5, 0.6) is 0 Å². The number of ether oxygens (including phenoxy) is 4. The molecule has 0 aliphatic carbocycles. The van der Waals surface area contributed by atoms with E-state index in [2.05, 4.69) is 0 Å². The molecule has 18 nitrogen and oxygen atoms in total. The van der Waals surface area contributed by atoms with Crippen molar-refractivity contribution in [2.75, 3.05) is 39.7 Å². The van der Waals surface area contributed by atoms with Crippen molar-refractivity contribution < 1.29 is 57.3 Å². The molecule has 71 heavy (non-hydrogen) atoms. The molecule has 0 saturated carbocycles. The van der Waals surface area contributed by atoms with Crippen LogP contribution in [0.3, 0.4) is 0 Å². The second-order valence-electron chi connectivity index (χ2n) is 20.5. The first-order valence-electron chi connectivity index (χ1n) is 24.6. The van der Waals surface area contributed by atoms with Crippen molar-refractivity contribution in [2.24, 2.45) is 23.7 Å². The summed E-state index contributed by atoms with van der Waals surface area (Å²) in [5.74, 6) is -5.73. The van der Waals surface area contributed by atoms with Crippen LogP contribution < -0.4 is 11.5 Å². The molecule has 2 rings (SSSR count). The van der Waals surface area contributed by atoms with Crippen LogP contribution in [0.15, 0.2) is 48.5 Å². The number of nitrogens with zero attached hydrogens (tertiary/aromatic N) is 4. The van der Waals surface area contributed by atoms with Crippen LogP contribution in [0.1, 0.15) is 113 Å². The Morgan fingerprint density at radius 3 is 1.07 bits per heavy atom. The van der Waals surface area contributed by atoms with Crippen molar-refractivity contribution in [3.8, 4) is 0 Å². The molecular weight excluding hydrogens is 913 g/mol. The summed E-state index contributed by atoms with van der Waals surface area (Å²) in [6.07, 6.45) is -3.72. The van der Waals surface area contributed by atoms with Crippen LogP contribution in [0.4, 0.5) is 11.4 Å². The van der Waals surface area contributed by atoms with Gasteiger partial charge in [0.1, 0.15) is 24.2 Å². The summed E-state index contributed by atoms with van der Waals surface area (Å²) in [6, 6.07) is 8.84. The first kappa shape index (κ1) is 60.9. The quantitative estimate of drug-likeness (QED) is 0.0466. The monoisotopic (exact) mass is 995 g/mol. The highest BCUT2D eigenvalue weighted by Crippen LogP contribution is 2.23. The third-order valence-electron chi connectivity index (χ3n) is 11.8. The Bertz CT molecular complexity index is 2080. The third kappa shape index (κ3) is 19.5. The van der Waals surface area contributed by atoms with Crippen molar-refractivity contribution in [1.82, 2.24) is 19.6 Å². The number of amides is 4. The molecular formula is C53H82N6O12. The Morgan fingerprint density at radius 2 is 0.746 bits per heavy atom. The van der Waals surface area contributed by atoms with Gasteiger partial charge in [-0.1, -0.05) is 79.7 Å². The zero-order chi connectivity index (χ0) is 54.0. The maximum absolute atomic E-state index is 14.5. The highest BCUT2D eigenvalue weighted by atomic mass is 16.6. The zero-order valence-electron chi connectivity index (χ0n) is 44.7. The second-order valence-corrected chi connectivity index (χ2v) is 20.5. The summed E-state index contributed by atoms with van der Waals surface area (Å²) in [5, 5.41) is 0. The van der Waals surface area contributed by atoms with Gasteiger partial charge >= 0.3 is 23.9 Å². The van der Waals surface area contributed by atoms with Crippen molar-refractivity contribution in [3.05, 3.63) is 59.7 Å². The lowest BCUT2D eigenvalue weighted by atomic mass is 10.00. The fraction of sp³-hybridized carbons (Fsp3) is 0.623. The standard InChI is InChI=1S/C53H82N6O12/c1-31(2)24-41(56(12)30-60)50(64)70-45(28-37-16-20-39(54)21-17-37)48(62)59(15)43(26-33(5)6)52(66)69-36(11)47(61)57(13)44(27-34(7)8)53(67)71-46(29-38-18-22-40(55)23-19-38)49(63)58(14)42(25-32(3)4)51(65)68-35(9)10/h16-23,30-36,41-46H,24-29,54-55H2,1-15H3/t36-,41+,42+,43+,44+,45-,46-/m1/s1. The van der Waals surface area contributed by atoms with E-state index < -0.39 is 90.2 Å². The van der Waals surface area contributed by atoms with Crippen LogP contribution >= 0.6 is 0 Å². The minimum atomic E-state index is -1.48. The Hall–Kier alpha value is -6.20. The highest BCUT2D eigenvalue weighted by Gasteiger charge is 2.41. The smallest absolute Gasteiger partial charge is 0.329 e. The maximum Gasteiger partial charge on any atom is 0.329 e. The number of likely N-dealkylation sites (N-methyl/N-ethyl adjacent to an activating group) is 4. The number of hydrogen-bond acceptors (Lipinski definition) is 14. The fourth-order valence-corrected chi connectivity index (χ4v) is 7.87. The molecule has 0 aliphatic heterocycles. The summed E-state index contributed by atoms with van der Waals surface area (Å²) >= 11 is 0. The van der Waals surface area contributed by atoms with Crippen molar-refractivity contribution in [3.63, 3.8) is 0 Å². The van der Waals surface area contributed by atoms with Gasteiger partial charge in [0.15, 0.2) is 18.3 Å². The fourth-order valence-electron chi connectivity index (χ4n) is 7.87. The SMILES string of the molecule is CC(C)C[C@@H](C(=O)O[C@H](Cc1ccc(N)cc1)C(=O)N(C)[C@@H](CC(C)C)C(=O)O[C@H](C)C(=O)N(C)[C@@H](CC(C)C)C(=O)O[C@H](Cc1ccc(N)cc1)C(=O)N(C)[C@@H](CC(C)C)C(=O)OC(C)C)N(C)C=O. The molecule has 4 amide bonds. The summed E-state index contributed by atoms with van der Waals surface area (Å²) in [4.78, 5) is 115. The van der Waals surface area contributed by atoms with Gasteiger partial charge < -0.3 is 50.0 Å². The number of anilines is 2. The highest BCUT2D eigenvalue weighted by molar-refractivity contribution is 5.93. The van der Waals surface area contributed by atoms with E-state index in [0.29, 0.717) is 28.9 Å². The van der Waals surface area contributed by atoms with E-state index in [9.17, 15) is 38.4 Å². The summed E-state index contributed by atoms with van der Waals surface area (Å²) in [7, 11) is 5.66. The topological polar surface area (TPSA) is 238 Å². The van der Waals surface area contributed by atoms with Crippen LogP contribution in [-0.2, 0) is 70.1 Å². The van der Waals surface area contributed by atoms with Crippen LogP contribution in [0.2, 0.25) is 0 Å². The van der Waals surface area contributed by atoms with Gasteiger partial charge in [-0.15, -0.1) is 0 Å². The van der Waals surface area contributed by atoms with Crippen LogP contribution in [0, 0.1) is 23.7 Å². The van der Waals surface area contributed by atoms with Gasteiger partial charge in [-0.2, -0.15) is 0 Å². The lowest BCUT2D eigenvalue weighted by molar-refractivity contribution is -0.174. The third-order valence-corrected chi connectivity index (χ3v) is 11.8. The number of nitrogen functional groups attached to an aromatic ring is 2. The number of carbonyl (C=O) groups is 8. The molecule has 2 aromatic rings. The summed E-state index contributed by atoms with van der Waals surface area (Å²) in [5.41, 5.74) is 14.0. The van der Waals surface area contributed by atoms with Gasteiger partial charge in [0.05, 0.1) is 6.10 Å². The van der Waals surface area contributed by atoms with Crippen LogP contribution in [-0.4, -0.2) is 144 Å². The van der Waals surface area contributed by atoms with Gasteiger partial charge in [0.2, 0.25) is 6.41 Å². The molecule has 0 aromatic heterocycles. The average Bonchev–Trinajstić information content (AvgIpc) is 3.29. The largest absolute Gasteiger partial charge is 0.461 e. The van der Waals surface area contributed by atoms with Gasteiger partial charge in [-0.25, -0.2) is 19.2 Å². The lowest BCUT2D eigenvalue weighted by Gasteiger charge is -2.34. The number of rotatable bonds is 28. The van der Waals surface area contributed by atoms with E-state index >= 15 is 0 Å². The van der Waals surface area contributed by atoms with E-state index in [-0.39, 0.29) is 62.2 Å². The Labute approximate surface area is 421 Å². The molecule has 396 valence electrons. The van der Waals surface area contributed by atoms with Crippen LogP contribution in [0.25, 0.3) is 0 Å². The molecule has 18 heteroatoms. The van der Waals surface area contributed by atoms with Gasteiger partial charge in [0.25, 0.3) is 17.7 Å². The predicted octanol–water partition coefficient (Wildman–Crippen LogP) is 5.47. The Balaban J connectivity index is 2.49. The van der Waals surface area contributed by atoms with Crippen molar-refractivity contribution in [2.45, 2.75) is 163 Å². The summed E-state index contributed by atoms with van der Waals surface area (Å²) < 4.78 is 23.3. The van der Waals surface area contributed by atoms with E-state index in [0.717, 1.165) is 9.80 Å². The Morgan fingerprint density at radius 1 is 0.451 bits per heavy atom. The molecule has 0 heterocycles. The van der Waals surface area contributed by atoms with E-state index in [4.69, 9.17) is 30.4 Å². The molecule has 0 radical (unpaired) electrons. The first-order chi connectivity index (χ1) is 33.1. The minimum Gasteiger partial charge on any atom is -0.461 e. The van der Waals surface area contributed by atoms with Gasteiger partial charge in [-0.05, 0) is 106 Å². The van der Waals surface area contributed by atoms with Gasteiger partial charge in [0, 0.05) is 52.4 Å². The first-order valence-corrected chi connectivity index (χ1v) is 24.6. The lowest BCUT2D eigenvalue weighted by Crippen LogP contribution is -2.53. The molecule has 0 saturated heterocycles. The molecule has 2 aromatic carbocycles. The second kappa shape index (κ2) is 28.6. The van der Waals surface area contributed by atoms with Gasteiger partial charge in [-0.3, -0.25) is 19.2 Å². The number of benzene rings is 2. The molecule has 4 N–H and O–H groups in total. The molecule has 0 bridgehead atoms. The predicted molar refractivity (Wildman–Crippen MR) is 271 cm³/mol. The Kier molecular flexibility index (Phi) is 24.5. The molecule has 0 fully saturated rings. The molecule has 7 atom stereocenters. The van der Waals surface area contributed by atoms with E-state index in [1.54, 1.807) is 62.4 Å². The van der Waals surface area contributed by atoms with E-state index in [1.807, 2.05) is 55.4 Å². The zero-order valence-corrected chi connectivity index (χ0v) is 44.7. The number of carbonyl (C=O) groups excluding carboxylic acids is 8. The molecule has 0 unspecified atom stereocenters. The molecule has 0 spiro atoms. The maximum atomic E-state index is 14.5. The summed E-state index contributed by atoms with van der Waals surface area (Å²) in [6.45, 7) is 19.7. The van der Waals surface area contributed by atoms with Crippen molar-refractivity contribution >= 4 is 59.4 Å². The molecule has 0 aliphatic rings. The number of hydrogen-bond donors (Lipinski definition) is 2. The van der Waals surface area contributed by atoms with Crippen molar-refractivity contribution in [1.29, 1.82) is 0 Å². The normalized spacial score (nSPS) is 14.4. The van der Waals surface area contributed by atoms with E-state index in [1.165, 1.54) is 44.9 Å².